The number of benzene rings is 1. The molecule has 0 amide bonds. The van der Waals surface area contributed by atoms with Crippen LogP contribution in [0, 0.1) is 6.92 Å². The van der Waals surface area contributed by atoms with Crippen molar-refractivity contribution in [3.8, 4) is 0 Å². The molecule has 1 rings (SSSR count). The van der Waals surface area contributed by atoms with Crippen LogP contribution in [-0.4, -0.2) is 31.4 Å². The molecule has 4 nitrogen and oxygen atoms in total. The fourth-order valence-electron chi connectivity index (χ4n) is 2.59. The third-order valence-electron chi connectivity index (χ3n) is 4.12. The van der Waals surface area contributed by atoms with E-state index in [9.17, 15) is 8.42 Å². The lowest BCUT2D eigenvalue weighted by atomic mass is 9.93. The highest BCUT2D eigenvalue weighted by atomic mass is 32.2. The lowest BCUT2D eigenvalue weighted by Crippen LogP contribution is -2.55. The average molecular weight is 298 g/mol. The molecule has 0 bridgehead atoms. The molecule has 0 saturated heterocycles. The summed E-state index contributed by atoms with van der Waals surface area (Å²) in [6.45, 7) is 8.54. The molecule has 0 unspecified atom stereocenters. The van der Waals surface area contributed by atoms with E-state index in [2.05, 4.69) is 0 Å². The van der Waals surface area contributed by atoms with Gasteiger partial charge in [-0.3, -0.25) is 0 Å². The van der Waals surface area contributed by atoms with Crippen molar-refractivity contribution in [2.24, 2.45) is 5.73 Å². The fourth-order valence-corrected chi connectivity index (χ4v) is 4.51. The van der Waals surface area contributed by atoms with Gasteiger partial charge in [-0.25, -0.2) is 8.42 Å². The van der Waals surface area contributed by atoms with E-state index in [0.29, 0.717) is 30.8 Å². The first-order valence-corrected chi connectivity index (χ1v) is 8.61. The van der Waals surface area contributed by atoms with Crippen molar-refractivity contribution in [2.75, 3.05) is 13.1 Å². The summed E-state index contributed by atoms with van der Waals surface area (Å²) in [5, 5.41) is 0. The predicted octanol–water partition coefficient (Wildman–Crippen LogP) is 2.52. The van der Waals surface area contributed by atoms with Crippen LogP contribution in [0.1, 0.15) is 39.2 Å². The van der Waals surface area contributed by atoms with Gasteiger partial charge in [0.05, 0.1) is 4.90 Å². The van der Waals surface area contributed by atoms with Gasteiger partial charge in [-0.2, -0.15) is 4.31 Å². The van der Waals surface area contributed by atoms with Crippen molar-refractivity contribution in [3.05, 3.63) is 29.8 Å². The normalized spacial score (nSPS) is 12.9. The van der Waals surface area contributed by atoms with Crippen LogP contribution < -0.4 is 5.73 Å². The van der Waals surface area contributed by atoms with Crippen molar-refractivity contribution in [3.63, 3.8) is 0 Å². The molecular formula is C15H26N2O2S. The number of sulfonamides is 1. The molecule has 0 heterocycles. The van der Waals surface area contributed by atoms with Gasteiger partial charge in [-0.15, -0.1) is 0 Å². The molecule has 2 N–H and O–H groups in total. The summed E-state index contributed by atoms with van der Waals surface area (Å²) in [7, 11) is -3.51. The topological polar surface area (TPSA) is 63.4 Å². The van der Waals surface area contributed by atoms with E-state index in [0.717, 1.165) is 5.56 Å². The van der Waals surface area contributed by atoms with Gasteiger partial charge in [0.15, 0.2) is 0 Å². The Morgan fingerprint density at radius 2 is 1.60 bits per heavy atom. The SMILES string of the molecule is CCN(C(CC)(CC)CN)S(=O)(=O)c1ccc(C)cc1. The van der Waals surface area contributed by atoms with Crippen LogP contribution >= 0.6 is 0 Å². The highest BCUT2D eigenvalue weighted by Gasteiger charge is 2.39. The zero-order valence-electron chi connectivity index (χ0n) is 12.9. The average Bonchev–Trinajstić information content (AvgIpc) is 2.45. The number of likely N-dealkylation sites (N-methyl/N-ethyl adjacent to an activating group) is 1. The Bertz CT molecular complexity index is 511. The molecule has 0 aliphatic rings. The molecule has 114 valence electrons. The molecule has 0 aliphatic heterocycles. The summed E-state index contributed by atoms with van der Waals surface area (Å²) < 4.78 is 27.3. The van der Waals surface area contributed by atoms with Crippen LogP contribution in [-0.2, 0) is 10.0 Å². The second-order valence-electron chi connectivity index (χ2n) is 5.12. The molecule has 5 heteroatoms. The number of hydrogen-bond donors (Lipinski definition) is 1. The van der Waals surface area contributed by atoms with E-state index < -0.39 is 15.6 Å². The fraction of sp³-hybridized carbons (Fsp3) is 0.600. The number of hydrogen-bond acceptors (Lipinski definition) is 3. The summed E-state index contributed by atoms with van der Waals surface area (Å²) in [6, 6.07) is 6.98. The minimum absolute atomic E-state index is 0.332. The quantitative estimate of drug-likeness (QED) is 0.841. The molecule has 1 aromatic rings. The van der Waals surface area contributed by atoms with Crippen molar-refractivity contribution in [2.45, 2.75) is 51.0 Å². The van der Waals surface area contributed by atoms with Gasteiger partial charge in [0.2, 0.25) is 10.0 Å². The van der Waals surface area contributed by atoms with Crippen molar-refractivity contribution < 1.29 is 8.42 Å². The van der Waals surface area contributed by atoms with Crippen LogP contribution in [0.15, 0.2) is 29.2 Å². The molecular weight excluding hydrogens is 272 g/mol. The largest absolute Gasteiger partial charge is 0.329 e. The molecule has 0 radical (unpaired) electrons. The van der Waals surface area contributed by atoms with Crippen LogP contribution in [0.4, 0.5) is 0 Å². The summed E-state index contributed by atoms with van der Waals surface area (Å²) in [5.41, 5.74) is 6.44. The molecule has 0 saturated carbocycles. The van der Waals surface area contributed by atoms with E-state index in [1.54, 1.807) is 16.4 Å². The molecule has 0 atom stereocenters. The number of aryl methyl sites for hydroxylation is 1. The summed E-state index contributed by atoms with van der Waals surface area (Å²) >= 11 is 0. The third-order valence-corrected chi connectivity index (χ3v) is 6.22. The Balaban J connectivity index is 3.32. The minimum atomic E-state index is -3.51. The molecule has 0 spiro atoms. The lowest BCUT2D eigenvalue weighted by Gasteiger charge is -2.40. The summed E-state index contributed by atoms with van der Waals surface area (Å²) in [6.07, 6.45) is 1.41. The van der Waals surface area contributed by atoms with E-state index in [4.69, 9.17) is 5.73 Å². The van der Waals surface area contributed by atoms with Gasteiger partial charge in [0.25, 0.3) is 0 Å². The first-order chi connectivity index (χ1) is 9.37. The monoisotopic (exact) mass is 298 g/mol. The molecule has 1 aromatic carbocycles. The molecule has 0 aromatic heterocycles. The Morgan fingerprint density at radius 1 is 1.10 bits per heavy atom. The highest BCUT2D eigenvalue weighted by Crippen LogP contribution is 2.29. The van der Waals surface area contributed by atoms with Gasteiger partial charge < -0.3 is 5.73 Å². The van der Waals surface area contributed by atoms with E-state index in [-0.39, 0.29) is 0 Å². The molecule has 20 heavy (non-hydrogen) atoms. The Labute approximate surface area is 123 Å². The molecule has 0 aliphatic carbocycles. The second kappa shape index (κ2) is 6.70. The minimum Gasteiger partial charge on any atom is -0.329 e. The smallest absolute Gasteiger partial charge is 0.243 e. The van der Waals surface area contributed by atoms with Gasteiger partial charge in [0.1, 0.15) is 0 Å². The zero-order valence-corrected chi connectivity index (χ0v) is 13.7. The standard InChI is InChI=1S/C15H26N2O2S/c1-5-15(6-2,12-16)17(7-3)20(18,19)14-10-8-13(4)9-11-14/h8-11H,5-7,12,16H2,1-4H3. The Hall–Kier alpha value is -0.910. The number of nitrogens with two attached hydrogens (primary N) is 1. The van der Waals surface area contributed by atoms with Crippen LogP contribution in [0.2, 0.25) is 0 Å². The van der Waals surface area contributed by atoms with Crippen molar-refractivity contribution in [1.82, 2.24) is 4.31 Å². The van der Waals surface area contributed by atoms with Crippen LogP contribution in [0.3, 0.4) is 0 Å². The Morgan fingerprint density at radius 3 is 1.95 bits per heavy atom. The number of nitrogens with zero attached hydrogens (tertiary/aromatic N) is 1. The predicted molar refractivity (Wildman–Crippen MR) is 83.1 cm³/mol. The van der Waals surface area contributed by atoms with Gasteiger partial charge in [-0.1, -0.05) is 38.5 Å². The van der Waals surface area contributed by atoms with Crippen molar-refractivity contribution in [1.29, 1.82) is 0 Å². The van der Waals surface area contributed by atoms with Gasteiger partial charge in [0, 0.05) is 18.6 Å². The zero-order chi connectivity index (χ0) is 15.4. The maximum absolute atomic E-state index is 12.9. The highest BCUT2D eigenvalue weighted by molar-refractivity contribution is 7.89. The van der Waals surface area contributed by atoms with Crippen molar-refractivity contribution >= 4 is 10.0 Å². The van der Waals surface area contributed by atoms with E-state index in [1.165, 1.54) is 0 Å². The third kappa shape index (κ3) is 3.05. The first-order valence-electron chi connectivity index (χ1n) is 7.17. The lowest BCUT2D eigenvalue weighted by molar-refractivity contribution is 0.184. The summed E-state index contributed by atoms with van der Waals surface area (Å²) in [4.78, 5) is 0.338. The summed E-state index contributed by atoms with van der Waals surface area (Å²) in [5.74, 6) is 0. The van der Waals surface area contributed by atoms with Gasteiger partial charge in [-0.05, 0) is 31.9 Å². The van der Waals surface area contributed by atoms with E-state index >= 15 is 0 Å². The van der Waals surface area contributed by atoms with Crippen LogP contribution in [0.25, 0.3) is 0 Å². The van der Waals surface area contributed by atoms with Gasteiger partial charge >= 0.3 is 0 Å². The maximum Gasteiger partial charge on any atom is 0.243 e. The maximum atomic E-state index is 12.9. The van der Waals surface area contributed by atoms with Crippen LogP contribution in [0.5, 0.6) is 0 Å². The van der Waals surface area contributed by atoms with E-state index in [1.807, 2.05) is 39.8 Å². The second-order valence-corrected chi connectivity index (χ2v) is 6.98. The number of rotatable bonds is 7. The molecule has 0 fully saturated rings. The Kier molecular flexibility index (Phi) is 5.74. The first kappa shape index (κ1) is 17.1.